The summed E-state index contributed by atoms with van der Waals surface area (Å²) in [5, 5.41) is 20.0. The molecule has 0 aromatic carbocycles. The number of hydrogen-bond acceptors (Lipinski definition) is 3. The molecule has 0 radical (unpaired) electrons. The van der Waals surface area contributed by atoms with Gasteiger partial charge in [0.25, 0.3) is 0 Å². The molecule has 2 aliphatic rings. The minimum Gasteiger partial charge on any atom is -0.600 e. The van der Waals surface area contributed by atoms with E-state index in [4.69, 9.17) is 5.73 Å². The Morgan fingerprint density at radius 1 is 1.28 bits per heavy atom. The molecular formula is C13H28N3O2+. The first-order chi connectivity index (χ1) is 8.59. The Balaban J connectivity index is 1.93. The van der Waals surface area contributed by atoms with Crippen LogP contribution in [0.4, 0.5) is 0 Å². The maximum Gasteiger partial charge on any atom is 0.141 e. The van der Waals surface area contributed by atoms with Gasteiger partial charge >= 0.3 is 0 Å². The summed E-state index contributed by atoms with van der Waals surface area (Å²) in [5.74, 6) is 0.906. The molecule has 5 heteroatoms. The Morgan fingerprint density at radius 3 is 2.72 bits per heavy atom. The van der Waals surface area contributed by atoms with Gasteiger partial charge in [-0.05, 0) is 25.7 Å². The number of nitrogens with one attached hydrogen (secondary N) is 2. The number of nitrogens with two attached hydrogens (primary N) is 1. The lowest BCUT2D eigenvalue weighted by Crippen LogP contribution is -3.21. The highest BCUT2D eigenvalue weighted by Gasteiger charge is 2.37. The quantitative estimate of drug-likeness (QED) is 0.486. The van der Waals surface area contributed by atoms with Crippen LogP contribution in [0.15, 0.2) is 0 Å². The predicted molar refractivity (Wildman–Crippen MR) is 68.9 cm³/mol. The summed E-state index contributed by atoms with van der Waals surface area (Å²) >= 11 is 0. The minimum absolute atomic E-state index is 0.129. The van der Waals surface area contributed by atoms with Crippen molar-refractivity contribution in [1.82, 2.24) is 0 Å². The van der Waals surface area contributed by atoms with Crippen molar-refractivity contribution in [3.63, 3.8) is 0 Å². The average molecular weight is 258 g/mol. The van der Waals surface area contributed by atoms with Gasteiger partial charge in [0.1, 0.15) is 12.2 Å². The minimum atomic E-state index is -0.599. The van der Waals surface area contributed by atoms with Crippen LogP contribution in [0.2, 0.25) is 0 Å². The molecule has 6 atom stereocenters. The normalized spacial score (nSPS) is 43.7. The third kappa shape index (κ3) is 3.22. The van der Waals surface area contributed by atoms with E-state index in [2.05, 4.69) is 6.92 Å². The van der Waals surface area contributed by atoms with Gasteiger partial charge in [-0.2, -0.15) is 0 Å². The number of likely N-dealkylation sites (tertiary alicyclic amines) is 1. The number of piperidine rings is 1. The van der Waals surface area contributed by atoms with E-state index in [0.29, 0.717) is 11.8 Å². The lowest BCUT2D eigenvalue weighted by Gasteiger charge is -2.40. The molecule has 2 rings (SSSR count). The summed E-state index contributed by atoms with van der Waals surface area (Å²) in [6.45, 7) is 4.30. The van der Waals surface area contributed by atoms with Gasteiger partial charge in [-0.25, -0.2) is 10.4 Å². The molecule has 1 heterocycles. The number of hydroxylamine groups is 2. The number of rotatable bonds is 3. The fourth-order valence-corrected chi connectivity index (χ4v) is 3.75. The smallest absolute Gasteiger partial charge is 0.141 e. The SMILES string of the molecule is CC1CCC[NH+](CC2CCCCC2[NH+]([O-])O)C1N. The molecule has 0 amide bonds. The van der Waals surface area contributed by atoms with E-state index >= 15 is 0 Å². The van der Waals surface area contributed by atoms with Crippen molar-refractivity contribution in [2.75, 3.05) is 13.1 Å². The third-order valence-electron chi connectivity index (χ3n) is 4.99. The summed E-state index contributed by atoms with van der Waals surface area (Å²) in [6, 6.07) is -0.129. The summed E-state index contributed by atoms with van der Waals surface area (Å²) < 4.78 is 0. The molecule has 1 aliphatic heterocycles. The van der Waals surface area contributed by atoms with Gasteiger partial charge in [0, 0.05) is 12.3 Å². The molecule has 1 saturated carbocycles. The van der Waals surface area contributed by atoms with E-state index in [1.165, 1.54) is 24.2 Å². The van der Waals surface area contributed by atoms with Crippen molar-refractivity contribution >= 4 is 0 Å². The molecule has 0 spiro atoms. The molecule has 0 aromatic heterocycles. The summed E-state index contributed by atoms with van der Waals surface area (Å²) in [4.78, 5) is 1.44. The van der Waals surface area contributed by atoms with Crippen LogP contribution in [0.3, 0.4) is 0 Å². The van der Waals surface area contributed by atoms with Gasteiger partial charge in [-0.1, -0.05) is 13.3 Å². The topological polar surface area (TPSA) is 78.2 Å². The zero-order chi connectivity index (χ0) is 13.1. The van der Waals surface area contributed by atoms with Crippen LogP contribution in [0.5, 0.6) is 0 Å². The maximum atomic E-state index is 11.3. The predicted octanol–water partition coefficient (Wildman–Crippen LogP) is -1.08. The molecule has 1 saturated heterocycles. The van der Waals surface area contributed by atoms with Gasteiger partial charge in [-0.3, -0.25) is 5.73 Å². The molecule has 6 unspecified atom stereocenters. The van der Waals surface area contributed by atoms with Crippen LogP contribution in [-0.2, 0) is 0 Å². The second kappa shape index (κ2) is 6.30. The van der Waals surface area contributed by atoms with E-state index in [0.717, 1.165) is 32.4 Å². The Hall–Kier alpha value is -0.200. The van der Waals surface area contributed by atoms with Crippen LogP contribution in [0.1, 0.15) is 45.4 Å². The Morgan fingerprint density at radius 2 is 2.00 bits per heavy atom. The maximum absolute atomic E-state index is 11.3. The second-order valence-corrected chi connectivity index (χ2v) is 6.25. The standard InChI is InChI=1S/C13H27N3O2/c1-10-5-4-8-15(13(10)14)9-11-6-2-3-7-12(11)16(17)18/h10-13,16-17H,2-9,14H2,1H3/p+1. The van der Waals surface area contributed by atoms with Gasteiger partial charge in [0.05, 0.1) is 19.0 Å². The van der Waals surface area contributed by atoms with Crippen LogP contribution in [0.25, 0.3) is 0 Å². The van der Waals surface area contributed by atoms with E-state index in [1.807, 2.05) is 0 Å². The molecule has 106 valence electrons. The van der Waals surface area contributed by atoms with E-state index in [-0.39, 0.29) is 12.2 Å². The zero-order valence-corrected chi connectivity index (χ0v) is 11.4. The highest BCUT2D eigenvalue weighted by Crippen LogP contribution is 2.22. The van der Waals surface area contributed by atoms with Crippen molar-refractivity contribution in [2.45, 2.75) is 57.7 Å². The Bertz CT molecular complexity index is 263. The van der Waals surface area contributed by atoms with Gasteiger partial charge in [-0.15, -0.1) is 0 Å². The van der Waals surface area contributed by atoms with Gasteiger partial charge in [0.15, 0.2) is 0 Å². The monoisotopic (exact) mass is 258 g/mol. The summed E-state index contributed by atoms with van der Waals surface area (Å²) in [5.41, 5.74) is 6.28. The molecule has 5 N–H and O–H groups in total. The van der Waals surface area contributed by atoms with Crippen LogP contribution < -0.4 is 15.9 Å². The van der Waals surface area contributed by atoms with Crippen LogP contribution in [0, 0.1) is 17.0 Å². The molecular weight excluding hydrogens is 230 g/mol. The zero-order valence-electron chi connectivity index (χ0n) is 11.4. The fraction of sp³-hybridized carbons (Fsp3) is 1.00. The fourth-order valence-electron chi connectivity index (χ4n) is 3.75. The van der Waals surface area contributed by atoms with Gasteiger partial charge in [0.2, 0.25) is 0 Å². The average Bonchev–Trinajstić information content (AvgIpc) is 2.35. The van der Waals surface area contributed by atoms with E-state index in [1.54, 1.807) is 0 Å². The van der Waals surface area contributed by atoms with E-state index in [9.17, 15) is 10.4 Å². The van der Waals surface area contributed by atoms with Crippen molar-refractivity contribution < 1.29 is 15.3 Å². The first-order valence-electron chi connectivity index (χ1n) is 7.42. The lowest BCUT2D eigenvalue weighted by atomic mass is 9.83. The molecule has 5 nitrogen and oxygen atoms in total. The lowest BCUT2D eigenvalue weighted by molar-refractivity contribution is -1.07. The molecule has 0 aromatic rings. The Labute approximate surface area is 109 Å². The number of hydrogen-bond donors (Lipinski definition) is 4. The molecule has 1 aliphatic carbocycles. The molecule has 2 fully saturated rings. The molecule has 18 heavy (non-hydrogen) atoms. The van der Waals surface area contributed by atoms with Crippen molar-refractivity contribution in [3.8, 4) is 0 Å². The first-order valence-corrected chi connectivity index (χ1v) is 7.42. The largest absolute Gasteiger partial charge is 0.600 e. The van der Waals surface area contributed by atoms with Crippen molar-refractivity contribution in [1.29, 1.82) is 0 Å². The van der Waals surface area contributed by atoms with Crippen LogP contribution >= 0.6 is 0 Å². The molecule has 0 bridgehead atoms. The summed E-state index contributed by atoms with van der Waals surface area (Å²) in [7, 11) is 0. The van der Waals surface area contributed by atoms with Gasteiger partial charge < -0.3 is 10.1 Å². The first kappa shape index (κ1) is 14.2. The van der Waals surface area contributed by atoms with Crippen molar-refractivity contribution in [2.24, 2.45) is 17.6 Å². The highest BCUT2D eigenvalue weighted by atomic mass is 16.8. The van der Waals surface area contributed by atoms with Crippen LogP contribution in [-0.4, -0.2) is 30.5 Å². The van der Waals surface area contributed by atoms with E-state index < -0.39 is 5.23 Å². The van der Waals surface area contributed by atoms with Crippen molar-refractivity contribution in [3.05, 3.63) is 5.21 Å². The second-order valence-electron chi connectivity index (χ2n) is 6.25. The highest BCUT2D eigenvalue weighted by molar-refractivity contribution is 4.75. The summed E-state index contributed by atoms with van der Waals surface area (Å²) in [6.07, 6.45) is 6.85. The Kier molecular flexibility index (Phi) is 4.98. The number of quaternary nitrogens is 2. The third-order valence-corrected chi connectivity index (χ3v) is 4.99.